The molecule has 0 saturated carbocycles. The summed E-state index contributed by atoms with van der Waals surface area (Å²) in [5.41, 5.74) is 2.10. The van der Waals surface area contributed by atoms with Gasteiger partial charge in [0.2, 0.25) is 5.95 Å². The topological polar surface area (TPSA) is 49.7 Å². The fraction of sp³-hybridized carbons (Fsp3) is 0.231. The van der Waals surface area contributed by atoms with Crippen molar-refractivity contribution in [3.8, 4) is 0 Å². The van der Waals surface area contributed by atoms with Gasteiger partial charge in [0.05, 0.1) is 27.7 Å². The monoisotopic (exact) mass is 317 g/mol. The van der Waals surface area contributed by atoms with Gasteiger partial charge >= 0.3 is 0 Å². The molecule has 1 aliphatic heterocycles. The van der Waals surface area contributed by atoms with Crippen LogP contribution in [0.2, 0.25) is 0 Å². The number of nitrogens with one attached hydrogen (secondary N) is 1. The molecule has 0 bridgehead atoms. The van der Waals surface area contributed by atoms with E-state index in [4.69, 9.17) is 0 Å². The van der Waals surface area contributed by atoms with Crippen LogP contribution in [-0.4, -0.2) is 32.8 Å². The number of imidazole rings is 1. The maximum Gasteiger partial charge on any atom is 0.203 e. The van der Waals surface area contributed by atoms with Crippen LogP contribution in [-0.2, 0) is 0 Å². The van der Waals surface area contributed by atoms with Crippen LogP contribution in [0.3, 0.4) is 0 Å². The summed E-state index contributed by atoms with van der Waals surface area (Å²) in [7, 11) is 0. The van der Waals surface area contributed by atoms with E-state index in [1.54, 1.807) is 0 Å². The number of nitrogens with zero attached hydrogens (tertiary/aromatic N) is 4. The van der Waals surface area contributed by atoms with Gasteiger partial charge in [-0.05, 0) is 28.1 Å². The summed E-state index contributed by atoms with van der Waals surface area (Å²) in [6.07, 6.45) is 3.84. The first-order valence-electron chi connectivity index (χ1n) is 6.19. The normalized spacial score (nSPS) is 15.9. The van der Waals surface area contributed by atoms with Crippen molar-refractivity contribution in [1.29, 1.82) is 0 Å². The van der Waals surface area contributed by atoms with Crippen molar-refractivity contribution in [1.82, 2.24) is 19.7 Å². The summed E-state index contributed by atoms with van der Waals surface area (Å²) in [6, 6.07) is 8.53. The van der Waals surface area contributed by atoms with Gasteiger partial charge in [-0.15, -0.1) is 0 Å². The molecule has 96 valence electrons. The summed E-state index contributed by atoms with van der Waals surface area (Å²) < 4.78 is 3.03. The highest BCUT2D eigenvalue weighted by molar-refractivity contribution is 9.10. The lowest BCUT2D eigenvalue weighted by Gasteiger charge is -2.38. The van der Waals surface area contributed by atoms with Crippen molar-refractivity contribution >= 4 is 32.9 Å². The zero-order valence-corrected chi connectivity index (χ0v) is 11.7. The highest BCUT2D eigenvalue weighted by Gasteiger charge is 2.30. The van der Waals surface area contributed by atoms with E-state index in [0.717, 1.165) is 34.5 Å². The second kappa shape index (κ2) is 4.09. The Balaban J connectivity index is 1.53. The first kappa shape index (κ1) is 11.0. The zero-order chi connectivity index (χ0) is 12.8. The van der Waals surface area contributed by atoms with Crippen LogP contribution in [0, 0.1) is 0 Å². The molecule has 2 aromatic heterocycles. The molecule has 0 spiro atoms. The Bertz CT molecular complexity index is 692. The van der Waals surface area contributed by atoms with Gasteiger partial charge in [0.25, 0.3) is 0 Å². The van der Waals surface area contributed by atoms with Gasteiger partial charge in [0.15, 0.2) is 0 Å². The molecule has 0 aliphatic carbocycles. The molecule has 0 amide bonds. The van der Waals surface area contributed by atoms with Gasteiger partial charge in [-0.1, -0.05) is 12.1 Å². The third-order valence-corrected chi connectivity index (χ3v) is 3.89. The maximum absolute atomic E-state index is 4.60. The number of anilines is 1. The van der Waals surface area contributed by atoms with Crippen molar-refractivity contribution in [2.24, 2.45) is 0 Å². The summed E-state index contributed by atoms with van der Waals surface area (Å²) in [4.78, 5) is 10.2. The van der Waals surface area contributed by atoms with Crippen molar-refractivity contribution in [2.75, 3.05) is 18.0 Å². The lowest BCUT2D eigenvalue weighted by atomic mass is 10.1. The molecule has 1 aliphatic rings. The Morgan fingerprint density at radius 2 is 2.11 bits per heavy atom. The molecule has 1 aromatic carbocycles. The SMILES string of the molecule is Brc1cnn(C2CN(c3nc4ccccc4[nH]3)C2)c1. The van der Waals surface area contributed by atoms with Crippen molar-refractivity contribution in [3.63, 3.8) is 0 Å². The molecule has 4 rings (SSSR count). The number of fused-ring (bicyclic) bond motifs is 1. The van der Waals surface area contributed by atoms with E-state index in [-0.39, 0.29) is 0 Å². The van der Waals surface area contributed by atoms with Crippen LogP contribution >= 0.6 is 15.9 Å². The summed E-state index contributed by atoms with van der Waals surface area (Å²) >= 11 is 3.42. The third-order valence-electron chi connectivity index (χ3n) is 3.48. The average Bonchev–Trinajstić information content (AvgIpc) is 2.93. The number of hydrogen-bond acceptors (Lipinski definition) is 3. The number of hydrogen-bond donors (Lipinski definition) is 1. The number of para-hydroxylation sites is 2. The van der Waals surface area contributed by atoms with Crippen molar-refractivity contribution < 1.29 is 0 Å². The molecule has 0 unspecified atom stereocenters. The van der Waals surface area contributed by atoms with Crippen LogP contribution in [0.15, 0.2) is 41.1 Å². The number of rotatable bonds is 2. The quantitative estimate of drug-likeness (QED) is 0.790. The molecule has 1 N–H and O–H groups in total. The van der Waals surface area contributed by atoms with E-state index in [2.05, 4.69) is 35.9 Å². The van der Waals surface area contributed by atoms with E-state index >= 15 is 0 Å². The molecule has 1 saturated heterocycles. The van der Waals surface area contributed by atoms with Crippen molar-refractivity contribution in [3.05, 3.63) is 41.1 Å². The largest absolute Gasteiger partial charge is 0.338 e. The highest BCUT2D eigenvalue weighted by atomic mass is 79.9. The number of benzene rings is 1. The van der Waals surface area contributed by atoms with E-state index in [0.29, 0.717) is 6.04 Å². The molecule has 0 radical (unpaired) electrons. The van der Waals surface area contributed by atoms with Crippen LogP contribution < -0.4 is 4.90 Å². The smallest absolute Gasteiger partial charge is 0.203 e. The van der Waals surface area contributed by atoms with E-state index in [1.807, 2.05) is 41.3 Å². The second-order valence-corrected chi connectivity index (χ2v) is 5.69. The van der Waals surface area contributed by atoms with E-state index in [9.17, 15) is 0 Å². The van der Waals surface area contributed by atoms with Gasteiger partial charge in [-0.2, -0.15) is 5.10 Å². The molecular formula is C13H12BrN5. The second-order valence-electron chi connectivity index (χ2n) is 4.77. The Morgan fingerprint density at radius 3 is 2.84 bits per heavy atom. The maximum atomic E-state index is 4.60. The Labute approximate surface area is 118 Å². The molecule has 3 aromatic rings. The van der Waals surface area contributed by atoms with Gasteiger partial charge in [-0.3, -0.25) is 4.68 Å². The van der Waals surface area contributed by atoms with Crippen LogP contribution in [0.4, 0.5) is 5.95 Å². The fourth-order valence-corrected chi connectivity index (χ4v) is 2.70. The Hall–Kier alpha value is -1.82. The van der Waals surface area contributed by atoms with Crippen LogP contribution in [0.25, 0.3) is 11.0 Å². The minimum Gasteiger partial charge on any atom is -0.338 e. The van der Waals surface area contributed by atoms with Gasteiger partial charge in [0, 0.05) is 19.3 Å². The molecular weight excluding hydrogens is 306 g/mol. The molecule has 6 heteroatoms. The predicted octanol–water partition coefficient (Wildman–Crippen LogP) is 2.58. The average molecular weight is 318 g/mol. The van der Waals surface area contributed by atoms with Gasteiger partial charge < -0.3 is 9.88 Å². The number of halogens is 1. The third kappa shape index (κ3) is 1.83. The molecule has 1 fully saturated rings. The summed E-state index contributed by atoms with van der Waals surface area (Å²) in [5, 5.41) is 4.32. The highest BCUT2D eigenvalue weighted by Crippen LogP contribution is 2.27. The summed E-state index contributed by atoms with van der Waals surface area (Å²) in [5.74, 6) is 0.948. The molecule has 0 atom stereocenters. The van der Waals surface area contributed by atoms with Crippen molar-refractivity contribution in [2.45, 2.75) is 6.04 Å². The Kier molecular flexibility index (Phi) is 2.38. The summed E-state index contributed by atoms with van der Waals surface area (Å²) in [6.45, 7) is 1.88. The zero-order valence-electron chi connectivity index (χ0n) is 10.1. The first-order chi connectivity index (χ1) is 9.29. The van der Waals surface area contributed by atoms with Crippen LogP contribution in [0.5, 0.6) is 0 Å². The van der Waals surface area contributed by atoms with E-state index in [1.165, 1.54) is 0 Å². The van der Waals surface area contributed by atoms with Gasteiger partial charge in [-0.25, -0.2) is 4.98 Å². The van der Waals surface area contributed by atoms with Crippen LogP contribution in [0.1, 0.15) is 6.04 Å². The minimum atomic E-state index is 0.430. The molecule has 5 nitrogen and oxygen atoms in total. The molecule has 3 heterocycles. The van der Waals surface area contributed by atoms with Gasteiger partial charge in [0.1, 0.15) is 0 Å². The predicted molar refractivity (Wildman–Crippen MR) is 77.3 cm³/mol. The lowest BCUT2D eigenvalue weighted by Crippen LogP contribution is -2.48. The molecule has 19 heavy (non-hydrogen) atoms. The number of aromatic amines is 1. The number of aromatic nitrogens is 4. The minimum absolute atomic E-state index is 0.430. The van der Waals surface area contributed by atoms with E-state index < -0.39 is 0 Å². The Morgan fingerprint density at radius 1 is 1.26 bits per heavy atom. The standard InChI is InChI=1S/C13H12BrN5/c14-9-5-15-19(6-9)10-7-18(8-10)13-16-11-3-1-2-4-12(11)17-13/h1-6,10H,7-8H2,(H,16,17). The first-order valence-corrected chi connectivity index (χ1v) is 6.98. The number of H-pyrrole nitrogens is 1. The fourth-order valence-electron chi connectivity index (χ4n) is 2.40. The lowest BCUT2D eigenvalue weighted by molar-refractivity contribution is 0.364.